The Morgan fingerprint density at radius 2 is 1.73 bits per heavy atom. The summed E-state index contributed by atoms with van der Waals surface area (Å²) in [4.78, 5) is 42.3. The molecule has 40 heavy (non-hydrogen) atoms. The van der Waals surface area contributed by atoms with Crippen molar-refractivity contribution in [2.75, 3.05) is 39.3 Å². The number of carbonyl (C=O) groups is 2. The highest BCUT2D eigenvalue weighted by molar-refractivity contribution is 6.31. The largest absolute Gasteiger partial charge is 0.451 e. The van der Waals surface area contributed by atoms with Crippen LogP contribution in [0.5, 0.6) is 0 Å². The molecule has 2 fully saturated rings. The highest BCUT2D eigenvalue weighted by Crippen LogP contribution is 2.22. The minimum atomic E-state index is -0.540. The Balaban J connectivity index is 1.09. The van der Waals surface area contributed by atoms with Gasteiger partial charge in [-0.1, -0.05) is 24.1 Å². The summed E-state index contributed by atoms with van der Waals surface area (Å²) in [6.45, 7) is 5.82. The van der Waals surface area contributed by atoms with Gasteiger partial charge in [-0.3, -0.25) is 19.3 Å². The average Bonchev–Trinajstić information content (AvgIpc) is 2.95. The van der Waals surface area contributed by atoms with Crippen LogP contribution in [-0.2, 0) is 6.54 Å². The van der Waals surface area contributed by atoms with E-state index in [9.17, 15) is 18.8 Å². The number of amides is 2. The summed E-state index contributed by atoms with van der Waals surface area (Å²) < 4.78 is 19.1. The topological polar surface area (TPSA) is 94.9 Å². The zero-order valence-corrected chi connectivity index (χ0v) is 23.1. The third kappa shape index (κ3) is 7.08. The first-order chi connectivity index (χ1) is 19.4. The standard InChI is InChI=1S/C30H34ClFN4O4/c31-25-16-20(29(38)33-10-15-35-11-2-1-3-12-35)4-5-21(25)19-36-13-8-23(9-14-36)34-30(39)28-18-26(37)24-7-6-22(32)17-27(24)40-28/h4-7,16-18,23H,1-3,8-15,19H2,(H,33,38)(H,34,39). The number of nitrogens with one attached hydrogen (secondary N) is 2. The summed E-state index contributed by atoms with van der Waals surface area (Å²) in [5.74, 6) is -1.28. The van der Waals surface area contributed by atoms with E-state index in [1.807, 2.05) is 12.1 Å². The maximum Gasteiger partial charge on any atom is 0.287 e. The van der Waals surface area contributed by atoms with E-state index < -0.39 is 11.7 Å². The molecule has 2 aliphatic heterocycles. The highest BCUT2D eigenvalue weighted by atomic mass is 35.5. The highest BCUT2D eigenvalue weighted by Gasteiger charge is 2.23. The van der Waals surface area contributed by atoms with Crippen LogP contribution < -0.4 is 16.1 Å². The fourth-order valence-corrected chi connectivity index (χ4v) is 5.64. The fraction of sp³-hybridized carbons (Fsp3) is 0.433. The SMILES string of the molecule is O=C(NCCN1CCCCC1)c1ccc(CN2CCC(NC(=O)c3cc(=O)c4ccc(F)cc4o3)CC2)c(Cl)c1. The fourth-order valence-electron chi connectivity index (χ4n) is 5.40. The lowest BCUT2D eigenvalue weighted by atomic mass is 10.0. The van der Waals surface area contributed by atoms with Gasteiger partial charge in [-0.15, -0.1) is 0 Å². The second-order valence-electron chi connectivity index (χ2n) is 10.6. The minimum Gasteiger partial charge on any atom is -0.451 e. The van der Waals surface area contributed by atoms with Crippen molar-refractivity contribution >= 4 is 34.4 Å². The van der Waals surface area contributed by atoms with Gasteiger partial charge in [0.1, 0.15) is 11.4 Å². The summed E-state index contributed by atoms with van der Waals surface area (Å²) in [7, 11) is 0. The van der Waals surface area contributed by atoms with Crippen LogP contribution in [0.4, 0.5) is 4.39 Å². The molecule has 3 heterocycles. The Morgan fingerprint density at radius 3 is 2.48 bits per heavy atom. The molecule has 0 atom stereocenters. The molecule has 2 N–H and O–H groups in total. The molecule has 5 rings (SSSR count). The number of rotatable bonds is 8. The molecule has 10 heteroatoms. The van der Waals surface area contributed by atoms with Crippen LogP contribution in [0.2, 0.25) is 5.02 Å². The lowest BCUT2D eigenvalue weighted by Gasteiger charge is -2.32. The number of benzene rings is 2. The molecule has 2 aromatic carbocycles. The van der Waals surface area contributed by atoms with Crippen molar-refractivity contribution in [3.8, 4) is 0 Å². The second-order valence-corrected chi connectivity index (χ2v) is 11.0. The first-order valence-corrected chi connectivity index (χ1v) is 14.3. The van der Waals surface area contributed by atoms with E-state index in [1.54, 1.807) is 6.07 Å². The number of halogens is 2. The van der Waals surface area contributed by atoms with Crippen LogP contribution >= 0.6 is 11.6 Å². The zero-order chi connectivity index (χ0) is 28.1. The van der Waals surface area contributed by atoms with Crippen molar-refractivity contribution in [3.63, 3.8) is 0 Å². The van der Waals surface area contributed by atoms with Crippen LogP contribution in [0.1, 0.15) is 58.6 Å². The van der Waals surface area contributed by atoms with Gasteiger partial charge < -0.3 is 20.0 Å². The molecule has 2 amide bonds. The molecule has 8 nitrogen and oxygen atoms in total. The minimum absolute atomic E-state index is 0.0466. The number of fused-ring (bicyclic) bond motifs is 1. The van der Waals surface area contributed by atoms with E-state index in [4.69, 9.17) is 16.0 Å². The number of nitrogens with zero attached hydrogens (tertiary/aromatic N) is 2. The van der Waals surface area contributed by atoms with Crippen LogP contribution in [0.25, 0.3) is 11.0 Å². The Morgan fingerprint density at radius 1 is 0.950 bits per heavy atom. The molecule has 2 saturated heterocycles. The van der Waals surface area contributed by atoms with Crippen molar-refractivity contribution in [1.29, 1.82) is 0 Å². The molecule has 0 saturated carbocycles. The predicted octanol–water partition coefficient (Wildman–Crippen LogP) is 4.20. The number of piperidine rings is 2. The quantitative estimate of drug-likeness (QED) is 0.423. The normalized spacial score (nSPS) is 17.1. The summed E-state index contributed by atoms with van der Waals surface area (Å²) in [5.41, 5.74) is 1.15. The van der Waals surface area contributed by atoms with Crippen molar-refractivity contribution < 1.29 is 18.4 Å². The number of hydrogen-bond donors (Lipinski definition) is 2. The van der Waals surface area contributed by atoms with Crippen molar-refractivity contribution in [1.82, 2.24) is 20.4 Å². The Hall–Kier alpha value is -3.27. The first-order valence-electron chi connectivity index (χ1n) is 13.9. The third-order valence-electron chi connectivity index (χ3n) is 7.71. The van der Waals surface area contributed by atoms with Crippen LogP contribution in [0.15, 0.2) is 51.7 Å². The Bertz CT molecular complexity index is 1430. The van der Waals surface area contributed by atoms with Gasteiger partial charge in [0.2, 0.25) is 0 Å². The molecule has 0 unspecified atom stereocenters. The van der Waals surface area contributed by atoms with E-state index in [1.165, 1.54) is 31.4 Å². The van der Waals surface area contributed by atoms with Gasteiger partial charge in [0, 0.05) is 61.5 Å². The Kier molecular flexibility index (Phi) is 9.14. The average molecular weight is 569 g/mol. The van der Waals surface area contributed by atoms with E-state index in [2.05, 4.69) is 20.4 Å². The summed E-state index contributed by atoms with van der Waals surface area (Å²) in [6, 6.07) is 10.1. The summed E-state index contributed by atoms with van der Waals surface area (Å²) >= 11 is 6.55. The van der Waals surface area contributed by atoms with E-state index in [0.29, 0.717) is 36.5 Å². The number of likely N-dealkylation sites (tertiary alicyclic amines) is 2. The van der Waals surface area contributed by atoms with Crippen LogP contribution in [0, 0.1) is 5.82 Å². The zero-order valence-electron chi connectivity index (χ0n) is 22.4. The van der Waals surface area contributed by atoms with E-state index in [-0.39, 0.29) is 34.1 Å². The molecule has 0 aliphatic carbocycles. The van der Waals surface area contributed by atoms with Crippen molar-refractivity contribution in [2.45, 2.75) is 44.7 Å². The Labute approximate surface area is 237 Å². The van der Waals surface area contributed by atoms with Crippen molar-refractivity contribution in [2.24, 2.45) is 0 Å². The third-order valence-corrected chi connectivity index (χ3v) is 8.06. The van der Waals surface area contributed by atoms with Gasteiger partial charge in [0.25, 0.3) is 11.8 Å². The molecule has 0 radical (unpaired) electrons. The van der Waals surface area contributed by atoms with Gasteiger partial charge in [-0.2, -0.15) is 0 Å². The maximum atomic E-state index is 13.6. The molecule has 2 aliphatic rings. The summed E-state index contributed by atoms with van der Waals surface area (Å²) in [6.07, 6.45) is 5.18. The summed E-state index contributed by atoms with van der Waals surface area (Å²) in [5, 5.41) is 6.71. The first kappa shape index (κ1) is 28.3. The van der Waals surface area contributed by atoms with Gasteiger partial charge in [0.15, 0.2) is 11.2 Å². The molecular weight excluding hydrogens is 535 g/mol. The molecule has 0 spiro atoms. The van der Waals surface area contributed by atoms with E-state index in [0.717, 1.165) is 50.4 Å². The molecule has 212 valence electrons. The molecule has 0 bridgehead atoms. The lowest BCUT2D eigenvalue weighted by Crippen LogP contribution is -2.44. The van der Waals surface area contributed by atoms with Gasteiger partial charge in [-0.25, -0.2) is 4.39 Å². The smallest absolute Gasteiger partial charge is 0.287 e. The monoisotopic (exact) mass is 568 g/mol. The maximum absolute atomic E-state index is 13.6. The second kappa shape index (κ2) is 12.9. The molecule has 3 aromatic rings. The molecular formula is C30H34ClFN4O4. The van der Waals surface area contributed by atoms with Gasteiger partial charge in [-0.05, 0) is 68.6 Å². The van der Waals surface area contributed by atoms with Gasteiger partial charge >= 0.3 is 0 Å². The van der Waals surface area contributed by atoms with E-state index >= 15 is 0 Å². The van der Waals surface area contributed by atoms with Crippen LogP contribution in [0.3, 0.4) is 0 Å². The number of carbonyl (C=O) groups excluding carboxylic acids is 2. The van der Waals surface area contributed by atoms with Crippen molar-refractivity contribution in [3.05, 3.63) is 80.4 Å². The number of hydrogen-bond acceptors (Lipinski definition) is 6. The lowest BCUT2D eigenvalue weighted by molar-refractivity contribution is 0.0880. The van der Waals surface area contributed by atoms with Gasteiger partial charge in [0.05, 0.1) is 5.39 Å². The predicted molar refractivity (Wildman–Crippen MR) is 152 cm³/mol. The van der Waals surface area contributed by atoms with Crippen LogP contribution in [-0.4, -0.2) is 66.9 Å². The molecule has 1 aromatic heterocycles.